The molecule has 0 amide bonds. The first-order chi connectivity index (χ1) is 8.79. The molecule has 19 heavy (non-hydrogen) atoms. The first-order valence-corrected chi connectivity index (χ1v) is 6.63. The number of hydrogen-bond acceptors (Lipinski definition) is 5. The molecule has 0 spiro atoms. The van der Waals surface area contributed by atoms with Gasteiger partial charge < -0.3 is 9.84 Å². The Kier molecular flexibility index (Phi) is 3.62. The minimum Gasteiger partial charge on any atom is -0.455 e. The Morgan fingerprint density at radius 3 is 2.63 bits per heavy atom. The lowest BCUT2D eigenvalue weighted by molar-refractivity contribution is 0.00616. The van der Waals surface area contributed by atoms with Gasteiger partial charge in [-0.2, -0.15) is 0 Å². The largest absolute Gasteiger partial charge is 0.455 e. The fourth-order valence-corrected chi connectivity index (χ4v) is 2.38. The normalized spacial score (nSPS) is 23.6. The van der Waals surface area contributed by atoms with E-state index in [-0.39, 0.29) is 11.7 Å². The zero-order valence-corrected chi connectivity index (χ0v) is 11.9. The van der Waals surface area contributed by atoms with Gasteiger partial charge in [0.2, 0.25) is 0 Å². The lowest BCUT2D eigenvalue weighted by Gasteiger charge is -2.19. The average Bonchev–Trinajstić information content (AvgIpc) is 2.82. The Morgan fingerprint density at radius 2 is 2.11 bits per heavy atom. The third kappa shape index (κ3) is 2.94. The van der Waals surface area contributed by atoms with E-state index in [1.807, 2.05) is 20.8 Å². The Labute approximate surface area is 112 Å². The number of ether oxygens (including phenoxy) is 1. The van der Waals surface area contributed by atoms with Crippen molar-refractivity contribution in [3.8, 4) is 0 Å². The maximum atomic E-state index is 12.0. The first kappa shape index (κ1) is 14.0. The van der Waals surface area contributed by atoms with E-state index in [1.54, 1.807) is 11.6 Å². The average molecular weight is 267 g/mol. The molecular formula is C13H21N3O3. The fraction of sp³-hybridized carbons (Fsp3) is 0.769. The van der Waals surface area contributed by atoms with E-state index in [4.69, 9.17) is 4.74 Å². The van der Waals surface area contributed by atoms with E-state index < -0.39 is 17.7 Å². The molecule has 2 unspecified atom stereocenters. The van der Waals surface area contributed by atoms with Crippen LogP contribution in [0, 0.1) is 6.92 Å². The van der Waals surface area contributed by atoms with Crippen LogP contribution in [0.2, 0.25) is 0 Å². The van der Waals surface area contributed by atoms with Gasteiger partial charge in [-0.25, -0.2) is 9.48 Å². The van der Waals surface area contributed by atoms with E-state index >= 15 is 0 Å². The summed E-state index contributed by atoms with van der Waals surface area (Å²) in [4.78, 5) is 12.0. The second-order valence-electron chi connectivity index (χ2n) is 6.04. The molecule has 1 heterocycles. The SMILES string of the molecule is Cc1c(C(=O)OC(C)(C)C)nnn1C1CCCC1O. The molecule has 6 nitrogen and oxygen atoms in total. The Morgan fingerprint density at radius 1 is 1.42 bits per heavy atom. The fourth-order valence-electron chi connectivity index (χ4n) is 2.38. The molecule has 1 aliphatic rings. The molecule has 1 N–H and O–H groups in total. The number of carbonyl (C=O) groups is 1. The number of rotatable bonds is 2. The smallest absolute Gasteiger partial charge is 0.361 e. The van der Waals surface area contributed by atoms with Crippen molar-refractivity contribution in [1.29, 1.82) is 0 Å². The van der Waals surface area contributed by atoms with Crippen LogP contribution < -0.4 is 0 Å². The van der Waals surface area contributed by atoms with Gasteiger partial charge in [0.1, 0.15) is 5.60 Å². The zero-order valence-electron chi connectivity index (χ0n) is 11.9. The Hall–Kier alpha value is -1.43. The zero-order chi connectivity index (χ0) is 14.2. The minimum absolute atomic E-state index is 0.0799. The molecular weight excluding hydrogens is 246 g/mol. The molecule has 2 rings (SSSR count). The van der Waals surface area contributed by atoms with Crippen LogP contribution in [-0.4, -0.2) is 37.8 Å². The van der Waals surface area contributed by atoms with Gasteiger partial charge >= 0.3 is 5.97 Å². The van der Waals surface area contributed by atoms with E-state index in [2.05, 4.69) is 10.3 Å². The van der Waals surface area contributed by atoms with Crippen molar-refractivity contribution >= 4 is 5.97 Å². The second kappa shape index (κ2) is 4.92. The summed E-state index contributed by atoms with van der Waals surface area (Å²) in [6, 6.07) is -0.0799. The van der Waals surface area contributed by atoms with Crippen molar-refractivity contribution in [2.24, 2.45) is 0 Å². The third-order valence-electron chi connectivity index (χ3n) is 3.28. The molecule has 6 heteroatoms. The van der Waals surface area contributed by atoms with Gasteiger partial charge in [-0.15, -0.1) is 5.10 Å². The number of carbonyl (C=O) groups excluding carboxylic acids is 1. The number of hydrogen-bond donors (Lipinski definition) is 1. The number of nitrogens with zero attached hydrogens (tertiary/aromatic N) is 3. The number of aromatic nitrogens is 3. The van der Waals surface area contributed by atoms with Crippen LogP contribution in [0.1, 0.15) is 62.3 Å². The summed E-state index contributed by atoms with van der Waals surface area (Å²) in [6.45, 7) is 7.21. The highest BCUT2D eigenvalue weighted by molar-refractivity contribution is 5.88. The van der Waals surface area contributed by atoms with Crippen LogP contribution in [0.5, 0.6) is 0 Å². The van der Waals surface area contributed by atoms with Gasteiger partial charge in [-0.1, -0.05) is 5.21 Å². The molecule has 1 saturated carbocycles. The van der Waals surface area contributed by atoms with Crippen molar-refractivity contribution in [3.05, 3.63) is 11.4 Å². The van der Waals surface area contributed by atoms with Crippen LogP contribution in [0.4, 0.5) is 0 Å². The molecule has 1 fully saturated rings. The Balaban J connectivity index is 2.21. The van der Waals surface area contributed by atoms with E-state index in [1.165, 1.54) is 0 Å². The van der Waals surface area contributed by atoms with Crippen molar-refractivity contribution in [2.75, 3.05) is 0 Å². The molecule has 0 radical (unpaired) electrons. The lowest BCUT2D eigenvalue weighted by atomic mass is 10.2. The van der Waals surface area contributed by atoms with Crippen molar-refractivity contribution in [1.82, 2.24) is 15.0 Å². The summed E-state index contributed by atoms with van der Waals surface area (Å²) in [5.41, 5.74) is 0.328. The van der Waals surface area contributed by atoms with E-state index in [9.17, 15) is 9.90 Å². The maximum Gasteiger partial charge on any atom is 0.361 e. The monoisotopic (exact) mass is 267 g/mol. The van der Waals surface area contributed by atoms with Crippen LogP contribution >= 0.6 is 0 Å². The molecule has 0 aliphatic heterocycles. The summed E-state index contributed by atoms with van der Waals surface area (Å²) >= 11 is 0. The van der Waals surface area contributed by atoms with Crippen molar-refractivity contribution in [2.45, 2.75) is 64.7 Å². The molecule has 1 aromatic heterocycles. The predicted octanol–water partition coefficient (Wildman–Crippen LogP) is 1.63. The first-order valence-electron chi connectivity index (χ1n) is 6.63. The number of aliphatic hydroxyl groups excluding tert-OH is 1. The summed E-state index contributed by atoms with van der Waals surface area (Å²) in [5.74, 6) is -0.469. The molecule has 0 bridgehead atoms. The third-order valence-corrected chi connectivity index (χ3v) is 3.28. The van der Waals surface area contributed by atoms with Crippen LogP contribution in [0.25, 0.3) is 0 Å². The van der Waals surface area contributed by atoms with Gasteiger partial charge in [0, 0.05) is 0 Å². The van der Waals surface area contributed by atoms with Crippen LogP contribution in [-0.2, 0) is 4.74 Å². The quantitative estimate of drug-likeness (QED) is 0.824. The van der Waals surface area contributed by atoms with Gasteiger partial charge in [0.05, 0.1) is 17.8 Å². The number of esters is 1. The summed E-state index contributed by atoms with van der Waals surface area (Å²) in [5, 5.41) is 17.8. The summed E-state index contributed by atoms with van der Waals surface area (Å²) in [6.07, 6.45) is 2.18. The van der Waals surface area contributed by atoms with Gasteiger partial charge in [-0.3, -0.25) is 0 Å². The number of aliphatic hydroxyl groups is 1. The highest BCUT2D eigenvalue weighted by Gasteiger charge is 2.31. The van der Waals surface area contributed by atoms with E-state index in [0.29, 0.717) is 5.69 Å². The molecule has 1 aliphatic carbocycles. The minimum atomic E-state index is -0.555. The van der Waals surface area contributed by atoms with Gasteiger partial charge in [0.15, 0.2) is 5.69 Å². The predicted molar refractivity (Wildman–Crippen MR) is 68.8 cm³/mol. The lowest BCUT2D eigenvalue weighted by Crippen LogP contribution is -2.25. The van der Waals surface area contributed by atoms with Gasteiger partial charge in [0.25, 0.3) is 0 Å². The maximum absolute atomic E-state index is 12.0. The van der Waals surface area contributed by atoms with Crippen molar-refractivity contribution < 1.29 is 14.6 Å². The van der Waals surface area contributed by atoms with Crippen molar-refractivity contribution in [3.63, 3.8) is 0 Å². The summed E-state index contributed by atoms with van der Waals surface area (Å²) < 4.78 is 6.94. The Bertz CT molecular complexity index is 476. The molecule has 1 aromatic rings. The van der Waals surface area contributed by atoms with Crippen LogP contribution in [0.3, 0.4) is 0 Å². The molecule has 0 saturated heterocycles. The highest BCUT2D eigenvalue weighted by Crippen LogP contribution is 2.30. The standard InChI is InChI=1S/C13H21N3O3/c1-8-11(12(18)19-13(2,3)4)14-15-16(8)9-6-5-7-10(9)17/h9-10,17H,5-7H2,1-4H3. The van der Waals surface area contributed by atoms with Crippen LogP contribution in [0.15, 0.2) is 0 Å². The van der Waals surface area contributed by atoms with E-state index in [0.717, 1.165) is 19.3 Å². The molecule has 0 aromatic carbocycles. The topological polar surface area (TPSA) is 77.2 Å². The highest BCUT2D eigenvalue weighted by atomic mass is 16.6. The molecule has 2 atom stereocenters. The second-order valence-corrected chi connectivity index (χ2v) is 6.04. The summed E-state index contributed by atoms with van der Waals surface area (Å²) in [7, 11) is 0. The molecule has 106 valence electrons. The van der Waals surface area contributed by atoms with Gasteiger partial charge in [-0.05, 0) is 47.0 Å².